The summed E-state index contributed by atoms with van der Waals surface area (Å²) in [5.74, 6) is 0.246. The summed E-state index contributed by atoms with van der Waals surface area (Å²) in [5.41, 5.74) is 2.18. The van der Waals surface area contributed by atoms with Crippen LogP contribution >= 0.6 is 0 Å². The van der Waals surface area contributed by atoms with Gasteiger partial charge in [0.2, 0.25) is 5.88 Å². The fourth-order valence-corrected chi connectivity index (χ4v) is 4.96. The van der Waals surface area contributed by atoms with Gasteiger partial charge in [-0.05, 0) is 35.4 Å². The molecule has 0 saturated heterocycles. The van der Waals surface area contributed by atoms with Gasteiger partial charge in [-0.1, -0.05) is 54.6 Å². The molecule has 202 valence electrons. The number of aromatic hydroxyl groups is 1. The SMILES string of the molecule is O=c1n(Cc2c[nH]c3ccccc23)c(CCc2ncc(-c3ccccc3)[nH]2)c(O)n1-c1cccc(C(F)(F)F)c1. The summed E-state index contributed by atoms with van der Waals surface area (Å²) in [6.07, 6.45) is -0.507. The van der Waals surface area contributed by atoms with Crippen molar-refractivity contribution in [1.29, 1.82) is 0 Å². The molecule has 0 amide bonds. The minimum absolute atomic E-state index is 0.0689. The van der Waals surface area contributed by atoms with Gasteiger partial charge in [0.15, 0.2) is 0 Å². The van der Waals surface area contributed by atoms with E-state index in [0.717, 1.165) is 44.4 Å². The number of nitrogens with one attached hydrogen (secondary N) is 2. The molecule has 6 rings (SSSR count). The van der Waals surface area contributed by atoms with E-state index in [1.807, 2.05) is 54.6 Å². The highest BCUT2D eigenvalue weighted by Gasteiger charge is 2.31. The van der Waals surface area contributed by atoms with Gasteiger partial charge in [0.25, 0.3) is 0 Å². The Morgan fingerprint density at radius 1 is 0.925 bits per heavy atom. The molecule has 3 N–H and O–H groups in total. The summed E-state index contributed by atoms with van der Waals surface area (Å²) >= 11 is 0. The minimum atomic E-state index is -4.60. The minimum Gasteiger partial charge on any atom is -0.493 e. The number of aromatic nitrogens is 5. The van der Waals surface area contributed by atoms with Crippen LogP contribution in [-0.4, -0.2) is 29.2 Å². The van der Waals surface area contributed by atoms with E-state index in [0.29, 0.717) is 17.9 Å². The summed E-state index contributed by atoms with van der Waals surface area (Å²) in [5, 5.41) is 12.2. The van der Waals surface area contributed by atoms with E-state index >= 15 is 0 Å². The molecule has 6 aromatic rings. The number of hydrogen-bond donors (Lipinski definition) is 3. The van der Waals surface area contributed by atoms with Gasteiger partial charge < -0.3 is 15.1 Å². The van der Waals surface area contributed by atoms with Crippen molar-refractivity contribution in [2.24, 2.45) is 0 Å². The molecule has 0 aliphatic heterocycles. The monoisotopic (exact) mass is 543 g/mol. The lowest BCUT2D eigenvalue weighted by atomic mass is 10.1. The lowest BCUT2D eigenvalue weighted by Crippen LogP contribution is -2.25. The van der Waals surface area contributed by atoms with Crippen LogP contribution in [0.3, 0.4) is 0 Å². The molecule has 0 radical (unpaired) electrons. The summed E-state index contributed by atoms with van der Waals surface area (Å²) in [6.45, 7) is 0.116. The van der Waals surface area contributed by atoms with Crippen molar-refractivity contribution in [2.45, 2.75) is 25.6 Å². The number of fused-ring (bicyclic) bond motifs is 1. The maximum atomic E-state index is 13.7. The maximum Gasteiger partial charge on any atom is 0.416 e. The topological polar surface area (TPSA) is 91.6 Å². The van der Waals surface area contributed by atoms with Gasteiger partial charge in [-0.3, -0.25) is 4.57 Å². The molecule has 0 saturated carbocycles. The third-order valence-electron chi connectivity index (χ3n) is 6.96. The van der Waals surface area contributed by atoms with Gasteiger partial charge in [0.1, 0.15) is 5.82 Å². The molecule has 10 heteroatoms. The van der Waals surface area contributed by atoms with Crippen molar-refractivity contribution in [1.82, 2.24) is 24.1 Å². The van der Waals surface area contributed by atoms with Crippen LogP contribution in [-0.2, 0) is 25.6 Å². The van der Waals surface area contributed by atoms with E-state index in [2.05, 4.69) is 15.0 Å². The first kappa shape index (κ1) is 25.3. The smallest absolute Gasteiger partial charge is 0.416 e. The number of aryl methyl sites for hydroxylation is 1. The zero-order chi connectivity index (χ0) is 27.9. The summed E-state index contributed by atoms with van der Waals surface area (Å²) in [4.78, 5) is 24.6. The molecule has 0 fully saturated rings. The van der Waals surface area contributed by atoms with E-state index in [9.17, 15) is 23.1 Å². The molecular weight excluding hydrogens is 519 g/mol. The molecule has 0 bridgehead atoms. The fourth-order valence-electron chi connectivity index (χ4n) is 4.96. The van der Waals surface area contributed by atoms with Crippen LogP contribution in [0.5, 0.6) is 5.88 Å². The van der Waals surface area contributed by atoms with Crippen molar-refractivity contribution >= 4 is 10.9 Å². The van der Waals surface area contributed by atoms with Crippen LogP contribution in [0.15, 0.2) is 96.1 Å². The Balaban J connectivity index is 1.40. The molecule has 0 atom stereocenters. The van der Waals surface area contributed by atoms with Crippen LogP contribution in [0.25, 0.3) is 27.8 Å². The normalized spacial score (nSPS) is 11.9. The van der Waals surface area contributed by atoms with Gasteiger partial charge in [-0.15, -0.1) is 0 Å². The number of rotatable bonds is 7. The quantitative estimate of drug-likeness (QED) is 0.228. The predicted octanol–water partition coefficient (Wildman–Crippen LogP) is 6.07. The van der Waals surface area contributed by atoms with Gasteiger partial charge in [0, 0.05) is 29.9 Å². The molecular formula is C30H24F3N5O2. The Hall–Kier alpha value is -4.99. The Morgan fingerprint density at radius 2 is 1.70 bits per heavy atom. The highest BCUT2D eigenvalue weighted by molar-refractivity contribution is 5.83. The number of alkyl halides is 3. The molecule has 3 heterocycles. The molecule has 0 spiro atoms. The number of hydrogen-bond acceptors (Lipinski definition) is 3. The predicted molar refractivity (Wildman–Crippen MR) is 146 cm³/mol. The summed E-state index contributed by atoms with van der Waals surface area (Å²) < 4.78 is 42.6. The van der Waals surface area contributed by atoms with Crippen molar-refractivity contribution in [3.05, 3.63) is 124 Å². The number of nitrogens with zero attached hydrogens (tertiary/aromatic N) is 3. The van der Waals surface area contributed by atoms with E-state index in [1.54, 1.807) is 12.4 Å². The Morgan fingerprint density at radius 3 is 2.50 bits per heavy atom. The molecule has 7 nitrogen and oxygen atoms in total. The molecule has 3 aromatic heterocycles. The zero-order valence-electron chi connectivity index (χ0n) is 21.1. The van der Waals surface area contributed by atoms with Crippen LogP contribution in [0.1, 0.15) is 22.6 Å². The molecule has 3 aromatic carbocycles. The van der Waals surface area contributed by atoms with Gasteiger partial charge in [0.05, 0.1) is 35.4 Å². The van der Waals surface area contributed by atoms with Crippen LogP contribution in [0.4, 0.5) is 13.2 Å². The second kappa shape index (κ2) is 9.96. The zero-order valence-corrected chi connectivity index (χ0v) is 21.1. The van der Waals surface area contributed by atoms with Crippen molar-refractivity contribution in [3.8, 4) is 22.8 Å². The van der Waals surface area contributed by atoms with E-state index in [4.69, 9.17) is 0 Å². The molecule has 0 aliphatic rings. The molecule has 0 unspecified atom stereocenters. The lowest BCUT2D eigenvalue weighted by Gasteiger charge is -2.09. The molecule has 40 heavy (non-hydrogen) atoms. The third-order valence-corrected chi connectivity index (χ3v) is 6.96. The highest BCUT2D eigenvalue weighted by Crippen LogP contribution is 2.32. The van der Waals surface area contributed by atoms with Crippen LogP contribution in [0.2, 0.25) is 0 Å². The third kappa shape index (κ3) is 4.68. The first-order chi connectivity index (χ1) is 19.3. The number of para-hydroxylation sites is 1. The largest absolute Gasteiger partial charge is 0.493 e. The standard InChI is InChI=1S/C30H24F3N5O2/c31-30(32,33)21-9-6-10-22(15-21)38-28(39)26(13-14-27-35-17-25(36-27)19-7-2-1-3-8-19)37(29(38)40)18-20-16-34-24-12-5-4-11-23(20)24/h1-12,15-17,34,39H,13-14,18H2,(H,35,36). The van der Waals surface area contributed by atoms with Gasteiger partial charge in [-0.25, -0.2) is 14.3 Å². The second-order valence-electron chi connectivity index (χ2n) is 9.49. The second-order valence-corrected chi connectivity index (χ2v) is 9.49. The van der Waals surface area contributed by atoms with E-state index < -0.39 is 23.3 Å². The first-order valence-corrected chi connectivity index (χ1v) is 12.6. The number of halogens is 3. The number of aromatic amines is 2. The Bertz CT molecular complexity index is 1860. The van der Waals surface area contributed by atoms with E-state index in [1.165, 1.54) is 16.7 Å². The van der Waals surface area contributed by atoms with Crippen molar-refractivity contribution in [2.75, 3.05) is 0 Å². The summed E-state index contributed by atoms with van der Waals surface area (Å²) in [6, 6.07) is 21.7. The maximum absolute atomic E-state index is 13.7. The van der Waals surface area contributed by atoms with E-state index in [-0.39, 0.29) is 18.7 Å². The first-order valence-electron chi connectivity index (χ1n) is 12.6. The van der Waals surface area contributed by atoms with Gasteiger partial charge >= 0.3 is 11.9 Å². The van der Waals surface area contributed by atoms with Crippen molar-refractivity contribution < 1.29 is 18.3 Å². The van der Waals surface area contributed by atoms with Crippen molar-refractivity contribution in [3.63, 3.8) is 0 Å². The number of benzene rings is 3. The number of H-pyrrole nitrogens is 2. The Labute approximate surface area is 226 Å². The average Bonchev–Trinajstić information content (AvgIpc) is 3.65. The lowest BCUT2D eigenvalue weighted by molar-refractivity contribution is -0.137. The fraction of sp³-hybridized carbons (Fsp3) is 0.133. The van der Waals surface area contributed by atoms with Crippen LogP contribution in [0, 0.1) is 0 Å². The molecule has 0 aliphatic carbocycles. The highest BCUT2D eigenvalue weighted by atomic mass is 19.4. The Kier molecular flexibility index (Phi) is 6.30. The van der Waals surface area contributed by atoms with Gasteiger partial charge in [-0.2, -0.15) is 13.2 Å². The summed E-state index contributed by atoms with van der Waals surface area (Å²) in [7, 11) is 0. The number of imidazole rings is 2. The average molecular weight is 544 g/mol. The van der Waals surface area contributed by atoms with Crippen LogP contribution < -0.4 is 5.69 Å².